The average Bonchev–Trinajstić information content (AvgIpc) is 2.60. The minimum atomic E-state index is -5.23. The zero-order chi connectivity index (χ0) is 19.3. The molecule has 1 aliphatic heterocycles. The number of rotatable bonds is 5. The van der Waals surface area contributed by atoms with Gasteiger partial charge in [0.1, 0.15) is 6.04 Å². The van der Waals surface area contributed by atoms with Crippen molar-refractivity contribution in [1.29, 1.82) is 0 Å². The molecular weight excluding hydrogens is 355 g/mol. The number of nitrogens with one attached hydrogen (secondary N) is 1. The Morgan fingerprint density at radius 1 is 1.27 bits per heavy atom. The van der Waals surface area contributed by atoms with E-state index in [1.807, 2.05) is 0 Å². The molecular formula is C16H18F3N3O4. The number of benzene rings is 1. The van der Waals surface area contributed by atoms with Crippen LogP contribution in [0.5, 0.6) is 0 Å². The van der Waals surface area contributed by atoms with Crippen LogP contribution >= 0.6 is 0 Å². The van der Waals surface area contributed by atoms with Crippen LogP contribution in [0.15, 0.2) is 30.3 Å². The van der Waals surface area contributed by atoms with Gasteiger partial charge in [-0.15, -0.1) is 0 Å². The van der Waals surface area contributed by atoms with Crippen LogP contribution < -0.4 is 11.1 Å². The van der Waals surface area contributed by atoms with Gasteiger partial charge in [0.05, 0.1) is 0 Å². The molecule has 0 spiro atoms. The predicted molar refractivity (Wildman–Crippen MR) is 83.6 cm³/mol. The molecule has 1 aliphatic rings. The average molecular weight is 373 g/mol. The van der Waals surface area contributed by atoms with E-state index in [2.05, 4.69) is 10.1 Å². The molecule has 1 fully saturated rings. The Balaban J connectivity index is 2.24. The summed E-state index contributed by atoms with van der Waals surface area (Å²) in [5, 5.41) is 2.87. The lowest BCUT2D eigenvalue weighted by molar-refractivity contribution is -0.206. The molecule has 7 nitrogen and oxygen atoms in total. The highest BCUT2D eigenvalue weighted by molar-refractivity contribution is 5.90. The minimum absolute atomic E-state index is 0.0568. The van der Waals surface area contributed by atoms with Gasteiger partial charge in [-0.1, -0.05) is 30.3 Å². The molecule has 26 heavy (non-hydrogen) atoms. The number of halogens is 3. The van der Waals surface area contributed by atoms with Gasteiger partial charge >= 0.3 is 12.1 Å². The van der Waals surface area contributed by atoms with Gasteiger partial charge in [0.25, 0.3) is 5.91 Å². The number of esters is 1. The largest absolute Gasteiger partial charge is 0.490 e. The van der Waals surface area contributed by atoms with Crippen molar-refractivity contribution in [2.45, 2.75) is 24.7 Å². The van der Waals surface area contributed by atoms with E-state index < -0.39 is 36.1 Å². The lowest BCUT2D eigenvalue weighted by Gasteiger charge is -2.36. The van der Waals surface area contributed by atoms with E-state index in [0.29, 0.717) is 12.1 Å². The number of ether oxygens (including phenoxy) is 1. The Morgan fingerprint density at radius 3 is 2.50 bits per heavy atom. The molecule has 3 N–H and O–H groups in total. The van der Waals surface area contributed by atoms with Gasteiger partial charge < -0.3 is 20.7 Å². The third-order valence-corrected chi connectivity index (χ3v) is 3.88. The van der Waals surface area contributed by atoms with Gasteiger partial charge in [0.15, 0.2) is 6.10 Å². The van der Waals surface area contributed by atoms with Crippen LogP contribution in [0.4, 0.5) is 13.2 Å². The van der Waals surface area contributed by atoms with Gasteiger partial charge in [-0.05, 0) is 5.56 Å². The zero-order valence-electron chi connectivity index (χ0n) is 13.7. The molecule has 0 radical (unpaired) electrons. The van der Waals surface area contributed by atoms with Crippen molar-refractivity contribution in [2.24, 2.45) is 5.73 Å². The minimum Gasteiger partial charge on any atom is -0.445 e. The van der Waals surface area contributed by atoms with Crippen molar-refractivity contribution < 1.29 is 32.3 Å². The lowest BCUT2D eigenvalue weighted by atomic mass is 10.0. The molecule has 2 amide bonds. The fraction of sp³-hybridized carbons (Fsp3) is 0.438. The van der Waals surface area contributed by atoms with Crippen molar-refractivity contribution in [1.82, 2.24) is 10.2 Å². The van der Waals surface area contributed by atoms with Gasteiger partial charge in [-0.2, -0.15) is 13.2 Å². The Hall–Kier alpha value is -2.62. The Bertz CT molecular complexity index is 666. The number of alkyl halides is 3. The van der Waals surface area contributed by atoms with E-state index >= 15 is 0 Å². The highest BCUT2D eigenvalue weighted by Gasteiger charge is 2.45. The smallest absolute Gasteiger partial charge is 0.445 e. The molecule has 1 aromatic carbocycles. The van der Waals surface area contributed by atoms with Crippen molar-refractivity contribution in [3.8, 4) is 0 Å². The lowest BCUT2D eigenvalue weighted by Crippen LogP contribution is -2.61. The summed E-state index contributed by atoms with van der Waals surface area (Å²) in [4.78, 5) is 36.6. The van der Waals surface area contributed by atoms with Crippen molar-refractivity contribution >= 4 is 17.8 Å². The third-order valence-electron chi connectivity index (χ3n) is 3.88. The first-order chi connectivity index (χ1) is 12.2. The van der Waals surface area contributed by atoms with Crippen LogP contribution in [0.3, 0.4) is 0 Å². The third kappa shape index (κ3) is 4.94. The van der Waals surface area contributed by atoms with Crippen LogP contribution in [-0.4, -0.2) is 60.6 Å². The van der Waals surface area contributed by atoms with E-state index in [1.165, 1.54) is 0 Å². The quantitative estimate of drug-likeness (QED) is 0.707. The summed E-state index contributed by atoms with van der Waals surface area (Å²) in [5.74, 6) is -4.15. The van der Waals surface area contributed by atoms with Gasteiger partial charge in [0.2, 0.25) is 5.91 Å². The van der Waals surface area contributed by atoms with Crippen LogP contribution in [0.1, 0.15) is 5.56 Å². The molecule has 0 aromatic heterocycles. The summed E-state index contributed by atoms with van der Waals surface area (Å²) in [6.45, 7) is 0.467. The molecule has 1 heterocycles. The van der Waals surface area contributed by atoms with Crippen LogP contribution in [-0.2, 0) is 25.5 Å². The fourth-order valence-electron chi connectivity index (χ4n) is 2.61. The maximum atomic E-state index is 12.7. The van der Waals surface area contributed by atoms with Crippen LogP contribution in [0.2, 0.25) is 0 Å². The van der Waals surface area contributed by atoms with Gasteiger partial charge in [0, 0.05) is 26.1 Å². The zero-order valence-corrected chi connectivity index (χ0v) is 13.7. The topological polar surface area (TPSA) is 102 Å². The molecule has 1 aromatic rings. The molecule has 10 heteroatoms. The summed E-state index contributed by atoms with van der Waals surface area (Å²) in [5.41, 5.74) is 5.76. The molecule has 1 saturated heterocycles. The van der Waals surface area contributed by atoms with Gasteiger partial charge in [-0.3, -0.25) is 9.59 Å². The fourth-order valence-corrected chi connectivity index (χ4v) is 2.61. The second kappa shape index (κ2) is 8.17. The highest BCUT2D eigenvalue weighted by atomic mass is 19.4. The SMILES string of the molecule is NC(=O)C1CNCCN1C(=O)C(Cc1ccccc1)OC(=O)C(F)(F)F. The first-order valence-corrected chi connectivity index (χ1v) is 7.82. The molecule has 2 unspecified atom stereocenters. The Labute approximate surface area is 147 Å². The number of amides is 2. The summed E-state index contributed by atoms with van der Waals surface area (Å²) in [6, 6.07) is 7.12. The molecule has 2 atom stereocenters. The summed E-state index contributed by atoms with van der Waals surface area (Å²) in [6.07, 6.45) is -7.20. The second-order valence-corrected chi connectivity index (χ2v) is 5.74. The molecule has 0 bridgehead atoms. The maximum Gasteiger partial charge on any atom is 0.490 e. The normalized spacial score (nSPS) is 18.9. The van der Waals surface area contributed by atoms with Crippen molar-refractivity contribution in [2.75, 3.05) is 19.6 Å². The van der Waals surface area contributed by atoms with E-state index in [-0.39, 0.29) is 19.5 Å². The second-order valence-electron chi connectivity index (χ2n) is 5.74. The first-order valence-electron chi connectivity index (χ1n) is 7.82. The number of nitrogens with two attached hydrogens (primary N) is 1. The molecule has 142 valence electrons. The number of hydrogen-bond donors (Lipinski definition) is 2. The number of primary amides is 1. The molecule has 0 saturated carbocycles. The number of carbonyl (C=O) groups is 3. The Morgan fingerprint density at radius 2 is 1.92 bits per heavy atom. The maximum absolute atomic E-state index is 12.7. The monoisotopic (exact) mass is 373 g/mol. The van der Waals surface area contributed by atoms with Crippen LogP contribution in [0, 0.1) is 0 Å². The first kappa shape index (κ1) is 19.7. The van der Waals surface area contributed by atoms with E-state index in [9.17, 15) is 27.6 Å². The van der Waals surface area contributed by atoms with Crippen molar-refractivity contribution in [3.05, 3.63) is 35.9 Å². The van der Waals surface area contributed by atoms with Crippen LogP contribution in [0.25, 0.3) is 0 Å². The Kier molecular flexibility index (Phi) is 6.19. The number of carbonyl (C=O) groups excluding carboxylic acids is 3. The van der Waals surface area contributed by atoms with E-state index in [0.717, 1.165) is 4.90 Å². The predicted octanol–water partition coefficient (Wildman–Crippen LogP) is -0.0111. The molecule has 0 aliphatic carbocycles. The molecule has 2 rings (SSSR count). The highest BCUT2D eigenvalue weighted by Crippen LogP contribution is 2.20. The summed E-state index contributed by atoms with van der Waals surface area (Å²) >= 11 is 0. The van der Waals surface area contributed by atoms with E-state index in [1.54, 1.807) is 30.3 Å². The summed E-state index contributed by atoms with van der Waals surface area (Å²) in [7, 11) is 0. The van der Waals surface area contributed by atoms with Crippen molar-refractivity contribution in [3.63, 3.8) is 0 Å². The number of piperazine rings is 1. The van der Waals surface area contributed by atoms with Gasteiger partial charge in [-0.25, -0.2) is 4.79 Å². The number of hydrogen-bond acceptors (Lipinski definition) is 5. The standard InChI is InChI=1S/C16H18F3N3O4/c17-16(18,19)15(25)26-12(8-10-4-2-1-3-5-10)14(24)22-7-6-21-9-11(22)13(20)23/h1-5,11-12,21H,6-9H2,(H2,20,23). The van der Waals surface area contributed by atoms with E-state index in [4.69, 9.17) is 5.73 Å². The summed E-state index contributed by atoms with van der Waals surface area (Å²) < 4.78 is 42.2. The number of nitrogens with zero attached hydrogens (tertiary/aromatic N) is 1.